The van der Waals surface area contributed by atoms with E-state index in [4.69, 9.17) is 11.5 Å². The average molecular weight is 226 g/mol. The van der Waals surface area contributed by atoms with Crippen molar-refractivity contribution in [2.75, 3.05) is 0 Å². The fourth-order valence-corrected chi connectivity index (χ4v) is 1.97. The molecule has 0 heterocycles. The summed E-state index contributed by atoms with van der Waals surface area (Å²) >= 11 is 0. The van der Waals surface area contributed by atoms with Crippen LogP contribution < -0.4 is 11.5 Å². The van der Waals surface area contributed by atoms with Gasteiger partial charge in [-0.3, -0.25) is 0 Å². The molecule has 0 aliphatic rings. The molecule has 0 saturated carbocycles. The zero-order chi connectivity index (χ0) is 12.1. The van der Waals surface area contributed by atoms with E-state index in [9.17, 15) is 0 Å². The van der Waals surface area contributed by atoms with E-state index < -0.39 is 0 Å². The van der Waals surface area contributed by atoms with Gasteiger partial charge in [0.05, 0.1) is 0 Å². The van der Waals surface area contributed by atoms with Gasteiger partial charge in [0.2, 0.25) is 0 Å². The Morgan fingerprint density at radius 2 is 1.06 bits per heavy atom. The summed E-state index contributed by atoms with van der Waals surface area (Å²) in [6.45, 7) is 1.19. The quantitative estimate of drug-likeness (QED) is 0.839. The summed E-state index contributed by atoms with van der Waals surface area (Å²) in [6, 6.07) is 16.8. The number of hydrogen-bond donors (Lipinski definition) is 2. The molecule has 4 N–H and O–H groups in total. The Morgan fingerprint density at radius 3 is 1.47 bits per heavy atom. The van der Waals surface area contributed by atoms with Crippen LogP contribution in [0.15, 0.2) is 48.5 Å². The Morgan fingerprint density at radius 1 is 0.647 bits per heavy atom. The first-order valence-corrected chi connectivity index (χ1v) is 5.87. The first kappa shape index (κ1) is 11.8. The summed E-state index contributed by atoms with van der Waals surface area (Å²) in [5.41, 5.74) is 16.2. The number of benzene rings is 2. The van der Waals surface area contributed by atoms with Gasteiger partial charge >= 0.3 is 0 Å². The predicted octanol–water partition coefficient (Wildman–Crippen LogP) is 2.19. The fourth-order valence-electron chi connectivity index (χ4n) is 1.97. The SMILES string of the molecule is NCc1cccc(Cc2cccc(CN)c2)c1. The lowest BCUT2D eigenvalue weighted by atomic mass is 10.0. The second-order valence-electron chi connectivity index (χ2n) is 4.22. The van der Waals surface area contributed by atoms with Gasteiger partial charge in [-0.15, -0.1) is 0 Å². The van der Waals surface area contributed by atoms with Gasteiger partial charge in [0.1, 0.15) is 0 Å². The lowest BCUT2D eigenvalue weighted by Crippen LogP contribution is -1.99. The molecule has 0 fully saturated rings. The van der Waals surface area contributed by atoms with Gasteiger partial charge in [-0.1, -0.05) is 48.5 Å². The molecular weight excluding hydrogens is 208 g/mol. The van der Waals surface area contributed by atoms with Crippen molar-refractivity contribution in [3.8, 4) is 0 Å². The minimum atomic E-state index is 0.594. The Hall–Kier alpha value is -1.64. The average Bonchev–Trinajstić information content (AvgIpc) is 2.39. The van der Waals surface area contributed by atoms with Gasteiger partial charge in [-0.05, 0) is 28.7 Å². The highest BCUT2D eigenvalue weighted by atomic mass is 14.5. The third kappa shape index (κ3) is 3.16. The fraction of sp³-hybridized carbons (Fsp3) is 0.200. The van der Waals surface area contributed by atoms with Crippen molar-refractivity contribution < 1.29 is 0 Å². The molecule has 0 radical (unpaired) electrons. The summed E-state index contributed by atoms with van der Waals surface area (Å²) < 4.78 is 0. The highest BCUT2D eigenvalue weighted by molar-refractivity contribution is 5.31. The molecule has 0 atom stereocenters. The van der Waals surface area contributed by atoms with E-state index in [0.29, 0.717) is 13.1 Å². The molecule has 0 amide bonds. The molecule has 0 aliphatic carbocycles. The Bertz CT molecular complexity index is 446. The highest BCUT2D eigenvalue weighted by Crippen LogP contribution is 2.12. The van der Waals surface area contributed by atoms with E-state index in [1.807, 2.05) is 0 Å². The standard InChI is InChI=1S/C15H18N2/c16-10-14-5-1-3-12(8-14)7-13-4-2-6-15(9-13)11-17/h1-6,8-9H,7,10-11,16-17H2. The van der Waals surface area contributed by atoms with Gasteiger partial charge in [0, 0.05) is 13.1 Å². The highest BCUT2D eigenvalue weighted by Gasteiger charge is 1.98. The van der Waals surface area contributed by atoms with Crippen molar-refractivity contribution in [3.05, 3.63) is 70.8 Å². The molecule has 17 heavy (non-hydrogen) atoms. The minimum absolute atomic E-state index is 0.594. The summed E-state index contributed by atoms with van der Waals surface area (Å²) in [5, 5.41) is 0. The molecule has 0 unspecified atom stereocenters. The smallest absolute Gasteiger partial charge is 0.0178 e. The first-order valence-electron chi connectivity index (χ1n) is 5.87. The van der Waals surface area contributed by atoms with Gasteiger partial charge in [0.15, 0.2) is 0 Å². The molecule has 88 valence electrons. The van der Waals surface area contributed by atoms with E-state index in [1.165, 1.54) is 22.3 Å². The van der Waals surface area contributed by atoms with Gasteiger partial charge in [0.25, 0.3) is 0 Å². The van der Waals surface area contributed by atoms with E-state index in [1.54, 1.807) is 0 Å². The lowest BCUT2D eigenvalue weighted by Gasteiger charge is -2.05. The van der Waals surface area contributed by atoms with Crippen LogP contribution in [0.5, 0.6) is 0 Å². The number of nitrogens with two attached hydrogens (primary N) is 2. The first-order chi connectivity index (χ1) is 8.31. The number of rotatable bonds is 4. The third-order valence-electron chi connectivity index (χ3n) is 2.86. The molecule has 0 bridgehead atoms. The normalized spacial score (nSPS) is 10.5. The second kappa shape index (κ2) is 5.62. The van der Waals surface area contributed by atoms with Crippen molar-refractivity contribution in [1.29, 1.82) is 0 Å². The minimum Gasteiger partial charge on any atom is -0.326 e. The van der Waals surface area contributed by atoms with Crippen LogP contribution in [0, 0.1) is 0 Å². The van der Waals surface area contributed by atoms with Crippen LogP contribution in [-0.2, 0) is 19.5 Å². The summed E-state index contributed by atoms with van der Waals surface area (Å²) in [4.78, 5) is 0. The third-order valence-corrected chi connectivity index (χ3v) is 2.86. The topological polar surface area (TPSA) is 52.0 Å². The van der Waals surface area contributed by atoms with Crippen LogP contribution in [-0.4, -0.2) is 0 Å². The molecule has 2 aromatic carbocycles. The van der Waals surface area contributed by atoms with Crippen molar-refractivity contribution in [1.82, 2.24) is 0 Å². The zero-order valence-electron chi connectivity index (χ0n) is 9.89. The predicted molar refractivity (Wildman–Crippen MR) is 71.5 cm³/mol. The summed E-state index contributed by atoms with van der Waals surface area (Å²) in [7, 11) is 0. The van der Waals surface area contributed by atoms with Crippen molar-refractivity contribution >= 4 is 0 Å². The summed E-state index contributed by atoms with van der Waals surface area (Å²) in [5.74, 6) is 0. The largest absolute Gasteiger partial charge is 0.326 e. The molecule has 0 aromatic heterocycles. The van der Waals surface area contributed by atoms with E-state index in [-0.39, 0.29) is 0 Å². The maximum atomic E-state index is 5.64. The zero-order valence-corrected chi connectivity index (χ0v) is 9.89. The number of hydrogen-bond acceptors (Lipinski definition) is 2. The molecular formula is C15H18N2. The Kier molecular flexibility index (Phi) is 3.91. The Balaban J connectivity index is 2.18. The van der Waals surface area contributed by atoms with Gasteiger partial charge in [-0.25, -0.2) is 0 Å². The maximum Gasteiger partial charge on any atom is 0.0178 e. The molecule has 2 heteroatoms. The lowest BCUT2D eigenvalue weighted by molar-refractivity contribution is 1.04. The van der Waals surface area contributed by atoms with Crippen molar-refractivity contribution in [2.24, 2.45) is 11.5 Å². The second-order valence-corrected chi connectivity index (χ2v) is 4.22. The van der Waals surface area contributed by atoms with Crippen LogP contribution in [0.4, 0.5) is 0 Å². The van der Waals surface area contributed by atoms with Gasteiger partial charge in [-0.2, -0.15) is 0 Å². The van der Waals surface area contributed by atoms with Gasteiger partial charge < -0.3 is 11.5 Å². The molecule has 0 aliphatic heterocycles. The van der Waals surface area contributed by atoms with Crippen molar-refractivity contribution in [2.45, 2.75) is 19.5 Å². The molecule has 2 nitrogen and oxygen atoms in total. The molecule has 2 aromatic rings. The van der Waals surface area contributed by atoms with Crippen LogP contribution in [0.1, 0.15) is 22.3 Å². The Labute approximate surface area is 102 Å². The molecule has 2 rings (SSSR count). The van der Waals surface area contributed by atoms with E-state index in [0.717, 1.165) is 6.42 Å². The summed E-state index contributed by atoms with van der Waals surface area (Å²) in [6.07, 6.45) is 0.932. The van der Waals surface area contributed by atoms with Crippen LogP contribution in [0.2, 0.25) is 0 Å². The van der Waals surface area contributed by atoms with Crippen LogP contribution >= 0.6 is 0 Å². The monoisotopic (exact) mass is 226 g/mol. The molecule has 0 saturated heterocycles. The van der Waals surface area contributed by atoms with Crippen LogP contribution in [0.25, 0.3) is 0 Å². The molecule has 0 spiro atoms. The van der Waals surface area contributed by atoms with Crippen LogP contribution in [0.3, 0.4) is 0 Å². The van der Waals surface area contributed by atoms with Crippen molar-refractivity contribution in [3.63, 3.8) is 0 Å². The maximum absolute atomic E-state index is 5.64. The van der Waals surface area contributed by atoms with E-state index in [2.05, 4.69) is 48.5 Å². The van der Waals surface area contributed by atoms with E-state index >= 15 is 0 Å².